The van der Waals surface area contributed by atoms with Crippen molar-refractivity contribution in [3.63, 3.8) is 0 Å². The quantitative estimate of drug-likeness (QED) is 0.824. The number of aromatic nitrogens is 1. The van der Waals surface area contributed by atoms with Crippen LogP contribution in [-0.2, 0) is 0 Å². The van der Waals surface area contributed by atoms with Gasteiger partial charge in [0.1, 0.15) is 6.07 Å². The maximum Gasteiger partial charge on any atom is 0.163 e. The van der Waals surface area contributed by atoms with Crippen LogP contribution in [0.15, 0.2) is 18.3 Å². The predicted molar refractivity (Wildman–Crippen MR) is 66.1 cm³/mol. The largest absolute Gasteiger partial charge is 0.380 e. The highest BCUT2D eigenvalue weighted by Gasteiger charge is 2.07. The van der Waals surface area contributed by atoms with E-state index >= 15 is 0 Å². The van der Waals surface area contributed by atoms with Gasteiger partial charge >= 0.3 is 0 Å². The first-order chi connectivity index (χ1) is 7.63. The Kier molecular flexibility index (Phi) is 4.78. The number of hydrogen-bond donors (Lipinski definition) is 1. The summed E-state index contributed by atoms with van der Waals surface area (Å²) in [6.45, 7) is 6.57. The van der Waals surface area contributed by atoms with E-state index in [9.17, 15) is 0 Å². The Morgan fingerprint density at radius 2 is 2.12 bits per heavy atom. The van der Waals surface area contributed by atoms with Gasteiger partial charge in [-0.1, -0.05) is 13.8 Å². The molecule has 16 heavy (non-hydrogen) atoms. The van der Waals surface area contributed by atoms with E-state index in [0.29, 0.717) is 17.7 Å². The summed E-state index contributed by atoms with van der Waals surface area (Å²) in [6, 6.07) is 6.21. The molecular weight excluding hydrogens is 198 g/mol. The SMILES string of the molecule is CC(C)CCC(C)Nc1cccnc1C#N. The molecule has 0 spiro atoms. The fourth-order valence-electron chi connectivity index (χ4n) is 1.53. The van der Waals surface area contributed by atoms with Crippen molar-refractivity contribution in [2.24, 2.45) is 5.92 Å². The van der Waals surface area contributed by atoms with Crippen molar-refractivity contribution in [3.05, 3.63) is 24.0 Å². The molecule has 0 saturated heterocycles. The van der Waals surface area contributed by atoms with Crippen LogP contribution in [0.5, 0.6) is 0 Å². The summed E-state index contributed by atoms with van der Waals surface area (Å²) in [5.41, 5.74) is 1.31. The summed E-state index contributed by atoms with van der Waals surface area (Å²) in [5.74, 6) is 0.716. The highest BCUT2D eigenvalue weighted by atomic mass is 14.9. The molecule has 0 bridgehead atoms. The lowest BCUT2D eigenvalue weighted by Crippen LogP contribution is -2.16. The lowest BCUT2D eigenvalue weighted by molar-refractivity contribution is 0.527. The van der Waals surface area contributed by atoms with E-state index in [1.54, 1.807) is 6.20 Å². The Morgan fingerprint density at radius 1 is 1.38 bits per heavy atom. The summed E-state index contributed by atoms with van der Waals surface area (Å²) in [6.07, 6.45) is 3.94. The van der Waals surface area contributed by atoms with Gasteiger partial charge in [-0.15, -0.1) is 0 Å². The normalized spacial score (nSPS) is 12.2. The first-order valence-corrected chi connectivity index (χ1v) is 5.75. The zero-order valence-electron chi connectivity index (χ0n) is 10.2. The van der Waals surface area contributed by atoms with Crippen molar-refractivity contribution < 1.29 is 0 Å². The van der Waals surface area contributed by atoms with E-state index in [1.807, 2.05) is 12.1 Å². The minimum Gasteiger partial charge on any atom is -0.380 e. The number of nitrogens with zero attached hydrogens (tertiary/aromatic N) is 2. The molecule has 0 saturated carbocycles. The topological polar surface area (TPSA) is 48.7 Å². The Morgan fingerprint density at radius 3 is 2.75 bits per heavy atom. The highest BCUT2D eigenvalue weighted by molar-refractivity contribution is 5.53. The molecule has 86 valence electrons. The molecule has 0 aromatic carbocycles. The van der Waals surface area contributed by atoms with E-state index < -0.39 is 0 Å². The number of nitriles is 1. The van der Waals surface area contributed by atoms with Gasteiger partial charge in [0.2, 0.25) is 0 Å². The molecule has 0 aliphatic carbocycles. The van der Waals surface area contributed by atoms with Gasteiger partial charge in [0.05, 0.1) is 5.69 Å². The average molecular weight is 217 g/mol. The van der Waals surface area contributed by atoms with Crippen LogP contribution in [0.4, 0.5) is 5.69 Å². The van der Waals surface area contributed by atoms with Crippen molar-refractivity contribution in [1.82, 2.24) is 4.98 Å². The maximum absolute atomic E-state index is 8.90. The molecule has 1 aromatic heterocycles. The molecule has 1 aromatic rings. The van der Waals surface area contributed by atoms with Crippen LogP contribution < -0.4 is 5.32 Å². The molecule has 1 rings (SSSR count). The summed E-state index contributed by atoms with van der Waals surface area (Å²) < 4.78 is 0. The number of pyridine rings is 1. The zero-order valence-corrected chi connectivity index (χ0v) is 10.2. The fraction of sp³-hybridized carbons (Fsp3) is 0.538. The van der Waals surface area contributed by atoms with Crippen LogP contribution in [-0.4, -0.2) is 11.0 Å². The van der Waals surface area contributed by atoms with Gasteiger partial charge in [0, 0.05) is 12.2 Å². The molecule has 1 N–H and O–H groups in total. The molecule has 3 heteroatoms. The number of rotatable bonds is 5. The van der Waals surface area contributed by atoms with E-state index in [1.165, 1.54) is 6.42 Å². The van der Waals surface area contributed by atoms with Gasteiger partial charge in [0.15, 0.2) is 5.69 Å². The molecule has 0 fully saturated rings. The summed E-state index contributed by atoms with van der Waals surface area (Å²) in [5, 5.41) is 12.2. The van der Waals surface area contributed by atoms with E-state index in [0.717, 1.165) is 12.1 Å². The lowest BCUT2D eigenvalue weighted by atomic mass is 10.0. The zero-order chi connectivity index (χ0) is 12.0. The summed E-state index contributed by atoms with van der Waals surface area (Å²) in [4.78, 5) is 4.02. The number of hydrogen-bond acceptors (Lipinski definition) is 3. The maximum atomic E-state index is 8.90. The molecule has 0 radical (unpaired) electrons. The van der Waals surface area contributed by atoms with Crippen LogP contribution in [0.1, 0.15) is 39.3 Å². The molecule has 1 unspecified atom stereocenters. The average Bonchev–Trinajstić information content (AvgIpc) is 2.27. The minimum absolute atomic E-state index is 0.374. The van der Waals surface area contributed by atoms with E-state index in [2.05, 4.69) is 37.1 Å². The Labute approximate surface area is 97.5 Å². The van der Waals surface area contributed by atoms with Gasteiger partial charge in [-0.25, -0.2) is 4.98 Å². The summed E-state index contributed by atoms with van der Waals surface area (Å²) >= 11 is 0. The second-order valence-corrected chi connectivity index (χ2v) is 4.53. The molecule has 1 heterocycles. The second kappa shape index (κ2) is 6.12. The van der Waals surface area contributed by atoms with Crippen LogP contribution >= 0.6 is 0 Å². The van der Waals surface area contributed by atoms with Gasteiger partial charge in [-0.2, -0.15) is 5.26 Å². The molecule has 1 atom stereocenters. The van der Waals surface area contributed by atoms with Crippen molar-refractivity contribution in [3.8, 4) is 6.07 Å². The molecule has 0 amide bonds. The van der Waals surface area contributed by atoms with Crippen molar-refractivity contribution in [2.45, 2.75) is 39.7 Å². The second-order valence-electron chi connectivity index (χ2n) is 4.53. The predicted octanol–water partition coefficient (Wildman–Crippen LogP) is 3.19. The van der Waals surface area contributed by atoms with Crippen LogP contribution in [0, 0.1) is 17.2 Å². The third kappa shape index (κ3) is 3.90. The molecular formula is C13H19N3. The first kappa shape index (κ1) is 12.5. The molecule has 0 aliphatic heterocycles. The molecule has 0 aliphatic rings. The van der Waals surface area contributed by atoms with Gasteiger partial charge in [-0.05, 0) is 37.8 Å². The van der Waals surface area contributed by atoms with E-state index in [4.69, 9.17) is 5.26 Å². The van der Waals surface area contributed by atoms with Crippen LogP contribution in [0.3, 0.4) is 0 Å². The van der Waals surface area contributed by atoms with Gasteiger partial charge < -0.3 is 5.32 Å². The van der Waals surface area contributed by atoms with Gasteiger partial charge in [0.25, 0.3) is 0 Å². The smallest absolute Gasteiger partial charge is 0.163 e. The first-order valence-electron chi connectivity index (χ1n) is 5.75. The highest BCUT2D eigenvalue weighted by Crippen LogP contribution is 2.15. The van der Waals surface area contributed by atoms with Crippen molar-refractivity contribution >= 4 is 5.69 Å². The fourth-order valence-corrected chi connectivity index (χ4v) is 1.53. The Balaban J connectivity index is 2.56. The Hall–Kier alpha value is -1.56. The third-order valence-electron chi connectivity index (χ3n) is 2.49. The standard InChI is InChI=1S/C13H19N3/c1-10(2)6-7-11(3)16-12-5-4-8-15-13(12)9-14/h4-5,8,10-11,16H,6-7H2,1-3H3. The monoisotopic (exact) mass is 217 g/mol. The van der Waals surface area contributed by atoms with Crippen molar-refractivity contribution in [1.29, 1.82) is 5.26 Å². The number of nitrogens with one attached hydrogen (secondary N) is 1. The van der Waals surface area contributed by atoms with Crippen molar-refractivity contribution in [2.75, 3.05) is 5.32 Å². The van der Waals surface area contributed by atoms with Crippen LogP contribution in [0.2, 0.25) is 0 Å². The number of anilines is 1. The van der Waals surface area contributed by atoms with Gasteiger partial charge in [-0.3, -0.25) is 0 Å². The molecule has 3 nitrogen and oxygen atoms in total. The summed E-state index contributed by atoms with van der Waals surface area (Å²) in [7, 11) is 0. The van der Waals surface area contributed by atoms with Crippen LogP contribution in [0.25, 0.3) is 0 Å². The Bertz CT molecular complexity index is 366. The lowest BCUT2D eigenvalue weighted by Gasteiger charge is -2.16. The van der Waals surface area contributed by atoms with E-state index in [-0.39, 0.29) is 0 Å². The minimum atomic E-state index is 0.374. The third-order valence-corrected chi connectivity index (χ3v) is 2.49.